The molecule has 0 amide bonds. The van der Waals surface area contributed by atoms with Gasteiger partial charge in [-0.05, 0) is 49.9 Å². The Kier molecular flexibility index (Phi) is 7.05. The lowest BCUT2D eigenvalue weighted by Gasteiger charge is -2.30. The second-order valence-electron chi connectivity index (χ2n) is 6.06. The lowest BCUT2D eigenvalue weighted by molar-refractivity contribution is -0.0498. The maximum Gasteiger partial charge on any atom is 0.387 e. The first-order valence-electron chi connectivity index (χ1n) is 7.33. The summed E-state index contributed by atoms with van der Waals surface area (Å²) in [4.78, 5) is 0. The van der Waals surface area contributed by atoms with Crippen LogP contribution in [0.2, 0.25) is 0 Å². The summed E-state index contributed by atoms with van der Waals surface area (Å²) in [6.45, 7) is 5.14. The first-order valence-corrected chi connectivity index (χ1v) is 7.33. The number of nitrogens with two attached hydrogens (primary N) is 1. The molecule has 0 saturated heterocycles. The number of nitrogens with one attached hydrogen (secondary N) is 1. The molecule has 1 aromatic carbocycles. The Balaban J connectivity index is 2.52. The third-order valence-corrected chi connectivity index (χ3v) is 3.50. The van der Waals surface area contributed by atoms with Gasteiger partial charge < -0.3 is 15.8 Å². The van der Waals surface area contributed by atoms with E-state index in [0.29, 0.717) is 12.5 Å². The van der Waals surface area contributed by atoms with Crippen LogP contribution in [0.15, 0.2) is 24.3 Å². The van der Waals surface area contributed by atoms with E-state index >= 15 is 0 Å². The molecule has 21 heavy (non-hydrogen) atoms. The van der Waals surface area contributed by atoms with Gasteiger partial charge in [0.2, 0.25) is 0 Å². The molecule has 1 aromatic rings. The van der Waals surface area contributed by atoms with Gasteiger partial charge in [-0.1, -0.05) is 26.0 Å². The molecule has 0 spiro atoms. The molecule has 0 aromatic heterocycles. The Labute approximate surface area is 125 Å². The van der Waals surface area contributed by atoms with Gasteiger partial charge in [0.25, 0.3) is 0 Å². The summed E-state index contributed by atoms with van der Waals surface area (Å²) in [5.41, 5.74) is 6.85. The molecule has 0 bridgehead atoms. The summed E-state index contributed by atoms with van der Waals surface area (Å²) >= 11 is 0. The van der Waals surface area contributed by atoms with E-state index in [1.165, 1.54) is 0 Å². The van der Waals surface area contributed by atoms with Gasteiger partial charge in [-0.25, -0.2) is 0 Å². The number of halogens is 2. The predicted molar refractivity (Wildman–Crippen MR) is 81.7 cm³/mol. The highest BCUT2D eigenvalue weighted by atomic mass is 19.3. The van der Waals surface area contributed by atoms with Crippen LogP contribution in [0.3, 0.4) is 0 Å². The van der Waals surface area contributed by atoms with Crippen LogP contribution in [-0.2, 0) is 6.42 Å². The maximum atomic E-state index is 12.1. The third-order valence-electron chi connectivity index (χ3n) is 3.50. The zero-order valence-corrected chi connectivity index (χ0v) is 13.0. The number of hydrogen-bond acceptors (Lipinski definition) is 3. The van der Waals surface area contributed by atoms with E-state index in [1.54, 1.807) is 12.1 Å². The van der Waals surface area contributed by atoms with Crippen molar-refractivity contribution in [3.05, 3.63) is 29.8 Å². The molecule has 0 aliphatic heterocycles. The first kappa shape index (κ1) is 17.9. The Bertz CT molecular complexity index is 409. The smallest absolute Gasteiger partial charge is 0.387 e. The van der Waals surface area contributed by atoms with E-state index < -0.39 is 6.61 Å². The van der Waals surface area contributed by atoms with Crippen LogP contribution >= 0.6 is 0 Å². The van der Waals surface area contributed by atoms with Gasteiger partial charge in [0.15, 0.2) is 0 Å². The van der Waals surface area contributed by atoms with Crippen molar-refractivity contribution in [1.29, 1.82) is 0 Å². The summed E-state index contributed by atoms with van der Waals surface area (Å²) < 4.78 is 28.5. The first-order chi connectivity index (χ1) is 9.84. The van der Waals surface area contributed by atoms with E-state index in [9.17, 15) is 8.78 Å². The number of benzene rings is 1. The van der Waals surface area contributed by atoms with Crippen molar-refractivity contribution in [2.75, 3.05) is 13.1 Å². The topological polar surface area (TPSA) is 47.3 Å². The molecule has 1 unspecified atom stereocenters. The SMILES string of the molecule is CC(C)CNC(C)(CN)CCc1ccc(OC(F)F)cc1. The lowest BCUT2D eigenvalue weighted by atomic mass is 9.92. The average Bonchev–Trinajstić information content (AvgIpc) is 2.44. The van der Waals surface area contributed by atoms with E-state index in [4.69, 9.17) is 5.73 Å². The van der Waals surface area contributed by atoms with Crippen LogP contribution in [-0.4, -0.2) is 25.2 Å². The summed E-state index contributed by atoms with van der Waals surface area (Å²) in [5.74, 6) is 0.759. The molecule has 1 atom stereocenters. The number of hydrogen-bond donors (Lipinski definition) is 2. The van der Waals surface area contributed by atoms with Crippen molar-refractivity contribution >= 4 is 0 Å². The van der Waals surface area contributed by atoms with Gasteiger partial charge in [-0.3, -0.25) is 0 Å². The van der Waals surface area contributed by atoms with Crippen molar-refractivity contribution in [2.45, 2.75) is 45.8 Å². The Hall–Kier alpha value is -1.20. The van der Waals surface area contributed by atoms with E-state index in [2.05, 4.69) is 30.8 Å². The van der Waals surface area contributed by atoms with Gasteiger partial charge in [0, 0.05) is 12.1 Å². The summed E-state index contributed by atoms with van der Waals surface area (Å²) in [6, 6.07) is 6.78. The molecule has 0 heterocycles. The molecule has 0 aliphatic rings. The number of aryl methyl sites for hydroxylation is 1. The highest BCUT2D eigenvalue weighted by Crippen LogP contribution is 2.18. The maximum absolute atomic E-state index is 12.1. The standard InChI is InChI=1S/C16H26F2N2O/c1-12(2)10-20-16(3,11-19)9-8-13-4-6-14(7-5-13)21-15(17)18/h4-7,12,15,20H,8-11,19H2,1-3H3. The van der Waals surface area contributed by atoms with Gasteiger partial charge in [-0.15, -0.1) is 0 Å². The zero-order valence-electron chi connectivity index (χ0n) is 13.0. The van der Waals surface area contributed by atoms with Crippen molar-refractivity contribution in [3.63, 3.8) is 0 Å². The fourth-order valence-electron chi connectivity index (χ4n) is 1.97. The molecule has 1 rings (SSSR count). The van der Waals surface area contributed by atoms with Gasteiger partial charge in [-0.2, -0.15) is 8.78 Å². The molecular weight excluding hydrogens is 274 g/mol. The van der Waals surface area contributed by atoms with Crippen molar-refractivity contribution < 1.29 is 13.5 Å². The van der Waals surface area contributed by atoms with Crippen LogP contribution < -0.4 is 15.8 Å². The highest BCUT2D eigenvalue weighted by Gasteiger charge is 2.21. The predicted octanol–water partition coefficient (Wildman–Crippen LogP) is 3.18. The minimum absolute atomic E-state index is 0.109. The Morgan fingerprint density at radius 3 is 2.33 bits per heavy atom. The lowest BCUT2D eigenvalue weighted by Crippen LogP contribution is -2.50. The van der Waals surface area contributed by atoms with Crippen molar-refractivity contribution in [1.82, 2.24) is 5.32 Å². The minimum atomic E-state index is -2.78. The molecule has 0 aliphatic carbocycles. The molecule has 120 valence electrons. The fraction of sp³-hybridized carbons (Fsp3) is 0.625. The summed E-state index contributed by atoms with van der Waals surface area (Å²) in [7, 11) is 0. The van der Waals surface area contributed by atoms with Crippen LogP contribution in [0, 0.1) is 5.92 Å². The van der Waals surface area contributed by atoms with Gasteiger partial charge in [0.05, 0.1) is 0 Å². The van der Waals surface area contributed by atoms with Gasteiger partial charge in [0.1, 0.15) is 5.75 Å². The summed E-state index contributed by atoms with van der Waals surface area (Å²) in [6.07, 6.45) is 1.74. The molecular formula is C16H26F2N2O. The normalized spacial score (nSPS) is 14.5. The van der Waals surface area contributed by atoms with Crippen molar-refractivity contribution in [3.8, 4) is 5.75 Å². The molecule has 3 N–H and O–H groups in total. The van der Waals surface area contributed by atoms with Crippen LogP contribution in [0.25, 0.3) is 0 Å². The zero-order chi connectivity index (χ0) is 15.9. The largest absolute Gasteiger partial charge is 0.435 e. The van der Waals surface area contributed by atoms with E-state index in [-0.39, 0.29) is 11.3 Å². The highest BCUT2D eigenvalue weighted by molar-refractivity contribution is 5.27. The molecule has 5 heteroatoms. The average molecular weight is 300 g/mol. The monoisotopic (exact) mass is 300 g/mol. The number of ether oxygens (including phenoxy) is 1. The fourth-order valence-corrected chi connectivity index (χ4v) is 1.97. The Morgan fingerprint density at radius 1 is 1.24 bits per heavy atom. The van der Waals surface area contributed by atoms with Crippen molar-refractivity contribution in [2.24, 2.45) is 11.7 Å². The molecule has 0 saturated carbocycles. The molecule has 0 radical (unpaired) electrons. The van der Waals surface area contributed by atoms with Gasteiger partial charge >= 0.3 is 6.61 Å². The van der Waals surface area contributed by atoms with E-state index in [1.807, 2.05) is 12.1 Å². The summed E-state index contributed by atoms with van der Waals surface area (Å²) in [5, 5.41) is 3.50. The quantitative estimate of drug-likeness (QED) is 0.736. The number of alkyl halides is 2. The molecule has 0 fully saturated rings. The molecule has 3 nitrogen and oxygen atoms in total. The minimum Gasteiger partial charge on any atom is -0.435 e. The van der Waals surface area contributed by atoms with E-state index in [0.717, 1.165) is 24.9 Å². The number of rotatable bonds is 9. The second-order valence-corrected chi connectivity index (χ2v) is 6.06. The van der Waals surface area contributed by atoms with Crippen LogP contribution in [0.1, 0.15) is 32.8 Å². The Morgan fingerprint density at radius 2 is 1.86 bits per heavy atom. The van der Waals surface area contributed by atoms with Crippen LogP contribution in [0.5, 0.6) is 5.75 Å². The van der Waals surface area contributed by atoms with Crippen LogP contribution in [0.4, 0.5) is 8.78 Å². The third kappa shape index (κ3) is 6.87. The second kappa shape index (κ2) is 8.29.